The summed E-state index contributed by atoms with van der Waals surface area (Å²) >= 11 is 0. The number of hydrogen-bond acceptors (Lipinski definition) is 4. The SMILES string of the molecule is Cl.NCC1CCN(Cc2coc(-c3ccccc3)n2)CC1. The van der Waals surface area contributed by atoms with E-state index in [9.17, 15) is 0 Å². The van der Waals surface area contributed by atoms with Crippen molar-refractivity contribution in [2.45, 2.75) is 19.4 Å². The van der Waals surface area contributed by atoms with Crippen LogP contribution in [0, 0.1) is 5.92 Å². The average molecular weight is 308 g/mol. The van der Waals surface area contributed by atoms with Crippen LogP contribution < -0.4 is 5.73 Å². The molecule has 1 aromatic heterocycles. The van der Waals surface area contributed by atoms with Crippen LogP contribution in [0.25, 0.3) is 11.5 Å². The molecule has 0 atom stereocenters. The predicted octanol–water partition coefficient (Wildman–Crippen LogP) is 2.93. The fraction of sp³-hybridized carbons (Fsp3) is 0.438. The molecule has 5 heteroatoms. The minimum atomic E-state index is 0. The van der Waals surface area contributed by atoms with Gasteiger partial charge in [-0.15, -0.1) is 12.4 Å². The van der Waals surface area contributed by atoms with Crippen LogP contribution in [0.5, 0.6) is 0 Å². The van der Waals surface area contributed by atoms with E-state index in [2.05, 4.69) is 9.88 Å². The summed E-state index contributed by atoms with van der Waals surface area (Å²) < 4.78 is 5.58. The first-order valence-electron chi connectivity index (χ1n) is 7.27. The van der Waals surface area contributed by atoms with E-state index in [-0.39, 0.29) is 12.4 Å². The Kier molecular flexibility index (Phi) is 5.79. The Bertz CT molecular complexity index is 535. The van der Waals surface area contributed by atoms with Gasteiger partial charge in [0.2, 0.25) is 5.89 Å². The molecule has 0 saturated carbocycles. The molecule has 0 aliphatic carbocycles. The fourth-order valence-electron chi connectivity index (χ4n) is 2.70. The van der Waals surface area contributed by atoms with E-state index in [0.717, 1.165) is 37.4 Å². The molecule has 0 radical (unpaired) electrons. The lowest BCUT2D eigenvalue weighted by molar-refractivity contribution is 0.178. The summed E-state index contributed by atoms with van der Waals surface area (Å²) in [5.41, 5.74) is 7.76. The summed E-state index contributed by atoms with van der Waals surface area (Å²) in [6, 6.07) is 10.0. The molecule has 0 bridgehead atoms. The highest BCUT2D eigenvalue weighted by Gasteiger charge is 2.19. The summed E-state index contributed by atoms with van der Waals surface area (Å²) in [5, 5.41) is 0. The van der Waals surface area contributed by atoms with Gasteiger partial charge in [-0.3, -0.25) is 4.90 Å². The zero-order valence-corrected chi connectivity index (χ0v) is 12.9. The van der Waals surface area contributed by atoms with Gasteiger partial charge in [0.05, 0.1) is 5.69 Å². The Morgan fingerprint density at radius 2 is 1.90 bits per heavy atom. The Labute approximate surface area is 131 Å². The molecule has 2 heterocycles. The zero-order valence-electron chi connectivity index (χ0n) is 12.1. The summed E-state index contributed by atoms with van der Waals surface area (Å²) in [6.45, 7) is 3.90. The van der Waals surface area contributed by atoms with Crippen molar-refractivity contribution in [3.63, 3.8) is 0 Å². The van der Waals surface area contributed by atoms with Crippen molar-refractivity contribution in [2.24, 2.45) is 11.7 Å². The van der Waals surface area contributed by atoms with E-state index >= 15 is 0 Å². The predicted molar refractivity (Wildman–Crippen MR) is 86.2 cm³/mol. The van der Waals surface area contributed by atoms with E-state index in [1.807, 2.05) is 30.3 Å². The number of oxazole rings is 1. The van der Waals surface area contributed by atoms with Gasteiger partial charge in [-0.1, -0.05) is 18.2 Å². The highest BCUT2D eigenvalue weighted by atomic mass is 35.5. The molecule has 1 aromatic carbocycles. The first-order valence-corrected chi connectivity index (χ1v) is 7.27. The quantitative estimate of drug-likeness (QED) is 0.943. The Morgan fingerprint density at radius 1 is 1.19 bits per heavy atom. The molecule has 1 saturated heterocycles. The van der Waals surface area contributed by atoms with Crippen molar-refractivity contribution >= 4 is 12.4 Å². The highest BCUT2D eigenvalue weighted by Crippen LogP contribution is 2.21. The van der Waals surface area contributed by atoms with E-state index in [4.69, 9.17) is 10.2 Å². The van der Waals surface area contributed by atoms with Crippen molar-refractivity contribution in [3.05, 3.63) is 42.3 Å². The topological polar surface area (TPSA) is 55.3 Å². The molecule has 4 nitrogen and oxygen atoms in total. The number of aromatic nitrogens is 1. The van der Waals surface area contributed by atoms with Gasteiger partial charge < -0.3 is 10.2 Å². The Morgan fingerprint density at radius 3 is 2.57 bits per heavy atom. The number of nitrogens with zero attached hydrogens (tertiary/aromatic N) is 2. The summed E-state index contributed by atoms with van der Waals surface area (Å²) in [7, 11) is 0. The first-order chi connectivity index (χ1) is 9.85. The van der Waals surface area contributed by atoms with Gasteiger partial charge in [0.1, 0.15) is 6.26 Å². The maximum Gasteiger partial charge on any atom is 0.226 e. The molecule has 114 valence electrons. The molecule has 0 amide bonds. The Balaban J connectivity index is 0.00000161. The number of rotatable bonds is 4. The zero-order chi connectivity index (χ0) is 13.8. The van der Waals surface area contributed by atoms with Crippen LogP contribution in [0.4, 0.5) is 0 Å². The van der Waals surface area contributed by atoms with Gasteiger partial charge in [-0.2, -0.15) is 0 Å². The fourth-order valence-corrected chi connectivity index (χ4v) is 2.70. The average Bonchev–Trinajstić information content (AvgIpc) is 2.97. The molecule has 0 spiro atoms. The smallest absolute Gasteiger partial charge is 0.226 e. The molecule has 2 N–H and O–H groups in total. The third-order valence-electron chi connectivity index (χ3n) is 4.00. The lowest BCUT2D eigenvalue weighted by Gasteiger charge is -2.30. The normalized spacial score (nSPS) is 16.6. The van der Waals surface area contributed by atoms with E-state index in [1.54, 1.807) is 6.26 Å². The molecule has 1 aliphatic rings. The Hall–Kier alpha value is -1.36. The standard InChI is InChI=1S/C16H21N3O.ClH/c17-10-13-6-8-19(9-7-13)11-15-12-20-16(18-15)14-4-2-1-3-5-14;/h1-5,12-13H,6-11,17H2;1H. The minimum absolute atomic E-state index is 0. The van der Waals surface area contributed by atoms with Crippen molar-refractivity contribution in [2.75, 3.05) is 19.6 Å². The molecule has 1 fully saturated rings. The first kappa shape index (κ1) is 16.0. The molecule has 3 rings (SSSR count). The highest BCUT2D eigenvalue weighted by molar-refractivity contribution is 5.85. The second kappa shape index (κ2) is 7.59. The van der Waals surface area contributed by atoms with Gasteiger partial charge in [-0.25, -0.2) is 4.98 Å². The minimum Gasteiger partial charge on any atom is -0.444 e. The van der Waals surface area contributed by atoms with Crippen LogP contribution in [-0.4, -0.2) is 29.5 Å². The van der Waals surface area contributed by atoms with Crippen LogP contribution in [0.15, 0.2) is 41.0 Å². The molecule has 1 aliphatic heterocycles. The third-order valence-corrected chi connectivity index (χ3v) is 4.00. The van der Waals surface area contributed by atoms with E-state index < -0.39 is 0 Å². The van der Waals surface area contributed by atoms with Gasteiger partial charge >= 0.3 is 0 Å². The number of halogens is 1. The monoisotopic (exact) mass is 307 g/mol. The summed E-state index contributed by atoms with van der Waals surface area (Å²) in [5.74, 6) is 1.40. The number of benzene rings is 1. The third kappa shape index (κ3) is 4.06. The van der Waals surface area contributed by atoms with Crippen LogP contribution >= 0.6 is 12.4 Å². The number of hydrogen-bond donors (Lipinski definition) is 1. The summed E-state index contributed by atoms with van der Waals surface area (Å²) in [6.07, 6.45) is 4.16. The van der Waals surface area contributed by atoms with Crippen LogP contribution in [0.3, 0.4) is 0 Å². The lowest BCUT2D eigenvalue weighted by atomic mass is 9.97. The molecular weight excluding hydrogens is 286 g/mol. The lowest BCUT2D eigenvalue weighted by Crippen LogP contribution is -2.35. The van der Waals surface area contributed by atoms with Gasteiger partial charge in [0, 0.05) is 12.1 Å². The van der Waals surface area contributed by atoms with Crippen molar-refractivity contribution in [1.29, 1.82) is 0 Å². The van der Waals surface area contributed by atoms with Crippen LogP contribution in [0.2, 0.25) is 0 Å². The van der Waals surface area contributed by atoms with Gasteiger partial charge in [0.15, 0.2) is 0 Å². The maximum atomic E-state index is 5.72. The second-order valence-corrected chi connectivity index (χ2v) is 5.47. The molecule has 0 unspecified atom stereocenters. The molecular formula is C16H22ClN3O. The number of likely N-dealkylation sites (tertiary alicyclic amines) is 1. The van der Waals surface area contributed by atoms with Crippen LogP contribution in [0.1, 0.15) is 18.5 Å². The molecule has 2 aromatic rings. The van der Waals surface area contributed by atoms with Crippen molar-refractivity contribution in [1.82, 2.24) is 9.88 Å². The molecule has 21 heavy (non-hydrogen) atoms. The van der Waals surface area contributed by atoms with Crippen molar-refractivity contribution in [3.8, 4) is 11.5 Å². The van der Waals surface area contributed by atoms with Crippen LogP contribution in [-0.2, 0) is 6.54 Å². The largest absolute Gasteiger partial charge is 0.444 e. The number of piperidine rings is 1. The second-order valence-electron chi connectivity index (χ2n) is 5.47. The number of nitrogens with two attached hydrogens (primary N) is 1. The summed E-state index contributed by atoms with van der Waals surface area (Å²) in [4.78, 5) is 7.01. The van der Waals surface area contributed by atoms with E-state index in [1.165, 1.54) is 12.8 Å². The van der Waals surface area contributed by atoms with Gasteiger partial charge in [-0.05, 0) is 50.5 Å². The van der Waals surface area contributed by atoms with Crippen molar-refractivity contribution < 1.29 is 4.42 Å². The van der Waals surface area contributed by atoms with Gasteiger partial charge in [0.25, 0.3) is 0 Å². The maximum absolute atomic E-state index is 5.72. The van der Waals surface area contributed by atoms with E-state index in [0.29, 0.717) is 11.8 Å².